The minimum absolute atomic E-state index is 0.647. The number of fused-ring (bicyclic) bond motifs is 1. The van der Waals surface area contributed by atoms with Crippen molar-refractivity contribution >= 4 is 35.0 Å². The SMILES string of the molecule is COc1ccc(/C=C\C2=Nc3ccccc3N=C(/C=C/c3ccc(OC)cc3)C2)cc1. The Morgan fingerprint density at radius 2 is 1.00 bits per heavy atom. The van der Waals surface area contributed by atoms with Gasteiger partial charge in [-0.3, -0.25) is 9.98 Å². The molecular weight excluding hydrogens is 384 g/mol. The van der Waals surface area contributed by atoms with E-state index in [0.29, 0.717) is 6.42 Å². The normalized spacial score (nSPS) is 13.5. The second-order valence-electron chi connectivity index (χ2n) is 7.08. The van der Waals surface area contributed by atoms with Gasteiger partial charge in [0.05, 0.1) is 25.6 Å². The fourth-order valence-electron chi connectivity index (χ4n) is 3.23. The summed E-state index contributed by atoms with van der Waals surface area (Å²) in [6, 6.07) is 23.9. The molecule has 4 rings (SSSR count). The van der Waals surface area contributed by atoms with Crippen LogP contribution in [0.4, 0.5) is 11.4 Å². The molecule has 0 aromatic heterocycles. The highest BCUT2D eigenvalue weighted by Gasteiger charge is 2.10. The molecule has 1 aliphatic rings. The number of aliphatic imine (C=N–C) groups is 2. The van der Waals surface area contributed by atoms with Crippen molar-refractivity contribution in [2.45, 2.75) is 6.42 Å². The Balaban J connectivity index is 1.59. The van der Waals surface area contributed by atoms with E-state index >= 15 is 0 Å². The molecule has 4 nitrogen and oxygen atoms in total. The standard InChI is InChI=1S/C27H24N2O2/c1-30-24-15-9-20(10-16-24)7-13-22-19-23(29-27-6-4-3-5-26(27)28-22)14-8-21-11-17-25(31-2)18-12-21/h3-18H,19H2,1-2H3/b13-7-,14-8+. The first-order valence-electron chi connectivity index (χ1n) is 10.1. The minimum atomic E-state index is 0.647. The first-order chi connectivity index (χ1) is 15.2. The molecule has 0 N–H and O–H groups in total. The van der Waals surface area contributed by atoms with Gasteiger partial charge in [-0.2, -0.15) is 0 Å². The van der Waals surface area contributed by atoms with Crippen LogP contribution < -0.4 is 9.47 Å². The molecule has 0 saturated heterocycles. The van der Waals surface area contributed by atoms with Crippen molar-refractivity contribution in [3.05, 3.63) is 96.1 Å². The number of methoxy groups -OCH3 is 2. The monoisotopic (exact) mass is 408 g/mol. The van der Waals surface area contributed by atoms with E-state index in [1.54, 1.807) is 14.2 Å². The fourth-order valence-corrected chi connectivity index (χ4v) is 3.23. The molecule has 1 heterocycles. The molecule has 0 radical (unpaired) electrons. The highest BCUT2D eigenvalue weighted by Crippen LogP contribution is 2.31. The van der Waals surface area contributed by atoms with E-state index in [-0.39, 0.29) is 0 Å². The van der Waals surface area contributed by atoms with E-state index in [2.05, 4.69) is 24.3 Å². The molecule has 154 valence electrons. The Kier molecular flexibility index (Phi) is 6.38. The van der Waals surface area contributed by atoms with Crippen LogP contribution in [0.3, 0.4) is 0 Å². The highest BCUT2D eigenvalue weighted by atomic mass is 16.5. The highest BCUT2D eigenvalue weighted by molar-refractivity contribution is 6.18. The zero-order valence-corrected chi connectivity index (χ0v) is 17.7. The summed E-state index contributed by atoms with van der Waals surface area (Å²) in [7, 11) is 3.34. The van der Waals surface area contributed by atoms with Crippen LogP contribution in [-0.4, -0.2) is 25.6 Å². The smallest absolute Gasteiger partial charge is 0.118 e. The Labute approximate surface area is 182 Å². The summed E-state index contributed by atoms with van der Waals surface area (Å²) >= 11 is 0. The van der Waals surface area contributed by atoms with Gasteiger partial charge >= 0.3 is 0 Å². The van der Waals surface area contributed by atoms with Crippen LogP contribution in [0.2, 0.25) is 0 Å². The quantitative estimate of drug-likeness (QED) is 0.457. The topological polar surface area (TPSA) is 43.2 Å². The molecule has 4 heteroatoms. The van der Waals surface area contributed by atoms with Crippen LogP contribution in [0.15, 0.2) is 94.9 Å². The number of nitrogens with zero attached hydrogens (tertiary/aromatic N) is 2. The summed E-state index contributed by atoms with van der Waals surface area (Å²) in [5, 5.41) is 0. The van der Waals surface area contributed by atoms with Gasteiger partial charge in [0.15, 0.2) is 0 Å². The van der Waals surface area contributed by atoms with Gasteiger partial charge in [-0.05, 0) is 59.7 Å². The van der Waals surface area contributed by atoms with Crippen LogP contribution in [-0.2, 0) is 0 Å². The van der Waals surface area contributed by atoms with Crippen molar-refractivity contribution in [2.24, 2.45) is 9.98 Å². The van der Waals surface area contributed by atoms with Gasteiger partial charge in [0, 0.05) is 17.8 Å². The maximum Gasteiger partial charge on any atom is 0.118 e. The molecular formula is C27H24N2O2. The van der Waals surface area contributed by atoms with Gasteiger partial charge in [0.2, 0.25) is 0 Å². The molecule has 0 amide bonds. The first-order valence-corrected chi connectivity index (χ1v) is 10.1. The second kappa shape index (κ2) is 9.72. The van der Waals surface area contributed by atoms with Crippen LogP contribution in [0.5, 0.6) is 11.5 Å². The third-order valence-electron chi connectivity index (χ3n) is 4.94. The Bertz CT molecular complexity index is 1060. The Hall–Kier alpha value is -3.92. The zero-order valence-electron chi connectivity index (χ0n) is 17.7. The van der Waals surface area contributed by atoms with E-state index in [9.17, 15) is 0 Å². The third kappa shape index (κ3) is 5.37. The summed E-state index contributed by atoms with van der Waals surface area (Å²) < 4.78 is 10.5. The summed E-state index contributed by atoms with van der Waals surface area (Å²) in [5.74, 6) is 1.69. The molecule has 31 heavy (non-hydrogen) atoms. The van der Waals surface area contributed by atoms with E-state index in [1.165, 1.54) is 0 Å². The summed E-state index contributed by atoms with van der Waals surface area (Å²) in [4.78, 5) is 9.71. The number of para-hydroxylation sites is 2. The lowest BCUT2D eigenvalue weighted by molar-refractivity contribution is 0.414. The van der Waals surface area contributed by atoms with Gasteiger partial charge < -0.3 is 9.47 Å². The van der Waals surface area contributed by atoms with E-state index in [4.69, 9.17) is 19.5 Å². The fraction of sp³-hybridized carbons (Fsp3) is 0.111. The van der Waals surface area contributed by atoms with Gasteiger partial charge in [-0.15, -0.1) is 0 Å². The van der Waals surface area contributed by atoms with Crippen molar-refractivity contribution in [1.29, 1.82) is 0 Å². The number of rotatable bonds is 6. The van der Waals surface area contributed by atoms with Crippen molar-refractivity contribution in [3.8, 4) is 11.5 Å². The van der Waals surface area contributed by atoms with Gasteiger partial charge in [-0.25, -0.2) is 0 Å². The van der Waals surface area contributed by atoms with Crippen molar-refractivity contribution in [1.82, 2.24) is 0 Å². The largest absolute Gasteiger partial charge is 0.497 e. The molecule has 1 aliphatic heterocycles. The maximum atomic E-state index is 5.23. The van der Waals surface area contributed by atoms with E-state index < -0.39 is 0 Å². The number of allylic oxidation sites excluding steroid dienone is 2. The Morgan fingerprint density at radius 3 is 1.39 bits per heavy atom. The lowest BCUT2D eigenvalue weighted by Crippen LogP contribution is -2.01. The van der Waals surface area contributed by atoms with Crippen molar-refractivity contribution in [3.63, 3.8) is 0 Å². The van der Waals surface area contributed by atoms with Crippen molar-refractivity contribution in [2.75, 3.05) is 14.2 Å². The molecule has 0 aliphatic carbocycles. The number of benzene rings is 3. The van der Waals surface area contributed by atoms with E-state index in [0.717, 1.165) is 45.4 Å². The molecule has 3 aromatic carbocycles. The van der Waals surface area contributed by atoms with Crippen LogP contribution in [0, 0.1) is 0 Å². The van der Waals surface area contributed by atoms with E-state index in [1.807, 2.05) is 72.8 Å². The van der Waals surface area contributed by atoms with Gasteiger partial charge in [-0.1, -0.05) is 48.6 Å². The minimum Gasteiger partial charge on any atom is -0.497 e. The predicted octanol–water partition coefficient (Wildman–Crippen LogP) is 6.68. The lowest BCUT2D eigenvalue weighted by atomic mass is 10.1. The molecule has 0 bridgehead atoms. The maximum absolute atomic E-state index is 5.23. The Morgan fingerprint density at radius 1 is 0.581 bits per heavy atom. The van der Waals surface area contributed by atoms with Crippen molar-refractivity contribution < 1.29 is 9.47 Å². The number of hydrogen-bond acceptors (Lipinski definition) is 4. The van der Waals surface area contributed by atoms with Crippen LogP contribution in [0.1, 0.15) is 17.5 Å². The average Bonchev–Trinajstić information content (AvgIpc) is 3.01. The molecule has 3 aromatic rings. The molecule has 0 atom stereocenters. The molecule has 0 fully saturated rings. The first kappa shape index (κ1) is 20.4. The van der Waals surface area contributed by atoms with Crippen LogP contribution >= 0.6 is 0 Å². The average molecular weight is 409 g/mol. The number of ether oxygens (including phenoxy) is 2. The van der Waals surface area contributed by atoms with Gasteiger partial charge in [0.1, 0.15) is 11.5 Å². The molecule has 0 saturated carbocycles. The number of hydrogen-bond donors (Lipinski definition) is 0. The molecule has 0 spiro atoms. The summed E-state index contributed by atoms with van der Waals surface area (Å²) in [6.45, 7) is 0. The van der Waals surface area contributed by atoms with Gasteiger partial charge in [0.25, 0.3) is 0 Å². The lowest BCUT2D eigenvalue weighted by Gasteiger charge is -2.02. The summed E-state index contributed by atoms with van der Waals surface area (Å²) in [5.41, 5.74) is 5.86. The predicted molar refractivity (Wildman–Crippen MR) is 129 cm³/mol. The zero-order chi connectivity index (χ0) is 21.5. The third-order valence-corrected chi connectivity index (χ3v) is 4.94. The second-order valence-corrected chi connectivity index (χ2v) is 7.08. The van der Waals surface area contributed by atoms with Crippen LogP contribution in [0.25, 0.3) is 12.2 Å². The molecule has 0 unspecified atom stereocenters. The summed E-state index contributed by atoms with van der Waals surface area (Å²) in [6.07, 6.45) is 8.89.